The summed E-state index contributed by atoms with van der Waals surface area (Å²) in [6.07, 6.45) is 1.09. The number of nitrogens with one attached hydrogen (secondary N) is 2. The third-order valence-electron chi connectivity index (χ3n) is 4.27. The molecule has 1 aliphatic heterocycles. The van der Waals surface area contributed by atoms with Crippen molar-refractivity contribution >= 4 is 17.2 Å². The van der Waals surface area contributed by atoms with Crippen molar-refractivity contribution in [3.8, 4) is 0 Å². The first-order chi connectivity index (χ1) is 12.3. The molecule has 0 saturated heterocycles. The lowest BCUT2D eigenvalue weighted by atomic mass is 10.2. The predicted molar refractivity (Wildman–Crippen MR) is 104 cm³/mol. The molecule has 1 aromatic carbocycles. The maximum absolute atomic E-state index is 12.2. The highest BCUT2D eigenvalue weighted by atomic mass is 32.1. The predicted octanol–water partition coefficient (Wildman–Crippen LogP) is 3.25. The molecule has 0 saturated carbocycles. The van der Waals surface area contributed by atoms with Gasteiger partial charge in [0, 0.05) is 38.4 Å². The first-order valence-electron chi connectivity index (χ1n) is 8.79. The zero-order valence-corrected chi connectivity index (χ0v) is 15.4. The Bertz CT molecular complexity index is 710. The summed E-state index contributed by atoms with van der Waals surface area (Å²) in [5, 5.41) is 8.54. The minimum absolute atomic E-state index is 0.0128. The van der Waals surface area contributed by atoms with Gasteiger partial charge in [0.1, 0.15) is 0 Å². The summed E-state index contributed by atoms with van der Waals surface area (Å²) in [6.45, 7) is 6.48. The van der Waals surface area contributed by atoms with Crippen LogP contribution in [0.1, 0.15) is 28.6 Å². The van der Waals surface area contributed by atoms with Crippen molar-refractivity contribution in [3.63, 3.8) is 0 Å². The van der Waals surface area contributed by atoms with Crippen LogP contribution in [0.2, 0.25) is 0 Å². The van der Waals surface area contributed by atoms with Gasteiger partial charge in [0.05, 0.1) is 4.88 Å². The van der Waals surface area contributed by atoms with Crippen molar-refractivity contribution in [2.45, 2.75) is 19.9 Å². The van der Waals surface area contributed by atoms with Crippen LogP contribution >= 0.6 is 11.3 Å². The molecule has 2 N–H and O–H groups in total. The summed E-state index contributed by atoms with van der Waals surface area (Å²) in [6, 6.07) is 14.3. The van der Waals surface area contributed by atoms with Crippen molar-refractivity contribution < 1.29 is 4.79 Å². The standard InChI is InChI=1S/C20H25N3OS/c1-2-10-21-18-15-23(13-16-7-4-3-5-8-16)14-17(18)12-22-20(24)19-9-6-11-25-19/h3-9,11,21H,2,10,12-15H2,1H3,(H,22,24). The molecule has 2 heterocycles. The summed E-state index contributed by atoms with van der Waals surface area (Å²) in [7, 11) is 0. The van der Waals surface area contributed by atoms with E-state index in [4.69, 9.17) is 0 Å². The summed E-state index contributed by atoms with van der Waals surface area (Å²) >= 11 is 1.48. The van der Waals surface area contributed by atoms with Gasteiger partial charge >= 0.3 is 0 Å². The molecule has 25 heavy (non-hydrogen) atoms. The lowest BCUT2D eigenvalue weighted by Gasteiger charge is -2.16. The average Bonchev–Trinajstić information content (AvgIpc) is 3.29. The first kappa shape index (κ1) is 17.7. The molecule has 1 aromatic heterocycles. The van der Waals surface area contributed by atoms with Crippen LogP contribution in [0.15, 0.2) is 59.1 Å². The average molecular weight is 356 g/mol. The molecule has 0 aliphatic carbocycles. The van der Waals surface area contributed by atoms with E-state index in [9.17, 15) is 4.79 Å². The van der Waals surface area contributed by atoms with E-state index in [2.05, 4.69) is 46.7 Å². The maximum atomic E-state index is 12.2. The summed E-state index contributed by atoms with van der Waals surface area (Å²) < 4.78 is 0. The summed E-state index contributed by atoms with van der Waals surface area (Å²) in [4.78, 5) is 15.4. The van der Waals surface area contributed by atoms with Crippen molar-refractivity contribution in [1.82, 2.24) is 15.5 Å². The van der Waals surface area contributed by atoms with Crippen LogP contribution in [0, 0.1) is 0 Å². The van der Waals surface area contributed by atoms with Crippen LogP contribution in [-0.2, 0) is 6.54 Å². The zero-order valence-electron chi connectivity index (χ0n) is 14.6. The summed E-state index contributed by atoms with van der Waals surface area (Å²) in [5.41, 5.74) is 3.87. The number of rotatable bonds is 8. The molecule has 0 atom stereocenters. The van der Waals surface area contributed by atoms with Crippen LogP contribution in [0.25, 0.3) is 0 Å². The first-order valence-corrected chi connectivity index (χ1v) is 9.67. The second kappa shape index (κ2) is 8.83. The Morgan fingerprint density at radius 1 is 1.16 bits per heavy atom. The van der Waals surface area contributed by atoms with E-state index in [1.807, 2.05) is 23.6 Å². The van der Waals surface area contributed by atoms with E-state index in [0.717, 1.165) is 37.5 Å². The molecule has 0 radical (unpaired) electrons. The highest BCUT2D eigenvalue weighted by molar-refractivity contribution is 7.12. The Balaban J connectivity index is 1.60. The van der Waals surface area contributed by atoms with Crippen LogP contribution in [0.3, 0.4) is 0 Å². The number of carbonyl (C=O) groups excluding carboxylic acids is 1. The Hall–Kier alpha value is -2.11. The Morgan fingerprint density at radius 3 is 2.72 bits per heavy atom. The Morgan fingerprint density at radius 2 is 2.00 bits per heavy atom. The van der Waals surface area contributed by atoms with Gasteiger partial charge in [-0.2, -0.15) is 0 Å². The quantitative estimate of drug-likeness (QED) is 0.764. The zero-order chi connectivity index (χ0) is 17.5. The van der Waals surface area contributed by atoms with E-state index < -0.39 is 0 Å². The van der Waals surface area contributed by atoms with Gasteiger partial charge < -0.3 is 10.6 Å². The lowest BCUT2D eigenvalue weighted by molar-refractivity contribution is 0.0960. The van der Waals surface area contributed by atoms with Crippen molar-refractivity contribution in [3.05, 3.63) is 69.6 Å². The Labute approximate surface area is 153 Å². The van der Waals surface area contributed by atoms with E-state index in [0.29, 0.717) is 6.54 Å². The van der Waals surface area contributed by atoms with Crippen molar-refractivity contribution in [1.29, 1.82) is 0 Å². The number of nitrogens with zero attached hydrogens (tertiary/aromatic N) is 1. The number of hydrogen-bond acceptors (Lipinski definition) is 4. The van der Waals surface area contributed by atoms with Gasteiger partial charge in [-0.25, -0.2) is 0 Å². The van der Waals surface area contributed by atoms with E-state index in [1.165, 1.54) is 28.2 Å². The molecule has 1 aliphatic rings. The smallest absolute Gasteiger partial charge is 0.261 e. The summed E-state index contributed by atoms with van der Waals surface area (Å²) in [5.74, 6) is 0.0128. The van der Waals surface area contributed by atoms with Gasteiger partial charge in [0.2, 0.25) is 0 Å². The lowest BCUT2D eigenvalue weighted by Crippen LogP contribution is -2.27. The number of carbonyl (C=O) groups is 1. The third kappa shape index (κ3) is 4.94. The van der Waals surface area contributed by atoms with Gasteiger partial charge in [0.15, 0.2) is 0 Å². The molecular weight excluding hydrogens is 330 g/mol. The highest BCUT2D eigenvalue weighted by Gasteiger charge is 2.22. The van der Waals surface area contributed by atoms with Crippen LogP contribution in [0.5, 0.6) is 0 Å². The number of benzene rings is 1. The minimum atomic E-state index is 0.0128. The van der Waals surface area contributed by atoms with E-state index in [-0.39, 0.29) is 5.91 Å². The monoisotopic (exact) mass is 355 g/mol. The molecule has 0 spiro atoms. The van der Waals surface area contributed by atoms with Crippen LogP contribution < -0.4 is 10.6 Å². The molecule has 0 unspecified atom stereocenters. The van der Waals surface area contributed by atoms with Crippen LogP contribution in [-0.4, -0.2) is 37.0 Å². The van der Waals surface area contributed by atoms with Gasteiger partial charge in [-0.05, 0) is 29.0 Å². The second-order valence-electron chi connectivity index (χ2n) is 6.30. The fourth-order valence-corrected chi connectivity index (χ4v) is 3.65. The fourth-order valence-electron chi connectivity index (χ4n) is 3.01. The SMILES string of the molecule is CCCNC1=C(CNC(=O)c2cccs2)CN(Cc2ccccc2)C1. The van der Waals surface area contributed by atoms with Crippen molar-refractivity contribution in [2.75, 3.05) is 26.2 Å². The fraction of sp³-hybridized carbons (Fsp3) is 0.350. The Kier molecular flexibility index (Phi) is 6.25. The van der Waals surface area contributed by atoms with Crippen molar-refractivity contribution in [2.24, 2.45) is 0 Å². The second-order valence-corrected chi connectivity index (χ2v) is 7.25. The molecule has 2 aromatic rings. The number of hydrogen-bond donors (Lipinski definition) is 2. The third-order valence-corrected chi connectivity index (χ3v) is 5.14. The normalized spacial score (nSPS) is 14.8. The van der Waals surface area contributed by atoms with E-state index in [1.54, 1.807) is 0 Å². The molecule has 5 heteroatoms. The largest absolute Gasteiger partial charge is 0.387 e. The van der Waals surface area contributed by atoms with E-state index >= 15 is 0 Å². The minimum Gasteiger partial charge on any atom is -0.387 e. The molecular formula is C20H25N3OS. The van der Waals surface area contributed by atoms with Gasteiger partial charge in [-0.3, -0.25) is 9.69 Å². The highest BCUT2D eigenvalue weighted by Crippen LogP contribution is 2.18. The number of amides is 1. The topological polar surface area (TPSA) is 44.4 Å². The molecule has 4 nitrogen and oxygen atoms in total. The molecule has 0 bridgehead atoms. The van der Waals surface area contributed by atoms with Gasteiger partial charge in [0.25, 0.3) is 5.91 Å². The molecule has 0 fully saturated rings. The molecule has 132 valence electrons. The van der Waals surface area contributed by atoms with Gasteiger partial charge in [-0.1, -0.05) is 43.3 Å². The number of thiophene rings is 1. The maximum Gasteiger partial charge on any atom is 0.261 e. The van der Waals surface area contributed by atoms with Gasteiger partial charge in [-0.15, -0.1) is 11.3 Å². The molecule has 3 rings (SSSR count). The molecule has 1 amide bonds. The van der Waals surface area contributed by atoms with Crippen LogP contribution in [0.4, 0.5) is 0 Å².